The summed E-state index contributed by atoms with van der Waals surface area (Å²) in [5.41, 5.74) is 8.33. The molecule has 1 atom stereocenters. The van der Waals surface area contributed by atoms with Gasteiger partial charge in [-0.3, -0.25) is 4.79 Å². The molecule has 0 fully saturated rings. The van der Waals surface area contributed by atoms with Crippen LogP contribution in [0.5, 0.6) is 0 Å². The Morgan fingerprint density at radius 1 is 1.29 bits per heavy atom. The summed E-state index contributed by atoms with van der Waals surface area (Å²) >= 11 is 6.71. The maximum Gasteiger partial charge on any atom is 0.254 e. The van der Waals surface area contributed by atoms with Crippen LogP contribution in [0.2, 0.25) is 0 Å². The highest BCUT2D eigenvalue weighted by Crippen LogP contribution is 2.33. The van der Waals surface area contributed by atoms with Crippen LogP contribution in [0.25, 0.3) is 0 Å². The molecule has 2 N–H and O–H groups in total. The number of benzene rings is 1. The Labute approximate surface area is 133 Å². The van der Waals surface area contributed by atoms with Gasteiger partial charge in [0.2, 0.25) is 0 Å². The molecule has 1 aromatic heterocycles. The Morgan fingerprint density at radius 3 is 2.62 bits per heavy atom. The van der Waals surface area contributed by atoms with Crippen molar-refractivity contribution in [3.63, 3.8) is 0 Å². The van der Waals surface area contributed by atoms with E-state index in [1.807, 2.05) is 4.90 Å². The number of thiocarbonyl (C=S) groups is 1. The Kier molecular flexibility index (Phi) is 3.78. The van der Waals surface area contributed by atoms with E-state index in [1.165, 1.54) is 10.4 Å². The molecule has 3 nitrogen and oxygen atoms in total. The molecule has 1 aliphatic rings. The lowest BCUT2D eigenvalue weighted by Crippen LogP contribution is -2.38. The molecule has 3 rings (SSSR count). The molecule has 0 saturated carbocycles. The van der Waals surface area contributed by atoms with Crippen molar-refractivity contribution in [2.45, 2.75) is 19.4 Å². The van der Waals surface area contributed by atoms with Gasteiger partial charge in [0.15, 0.2) is 0 Å². The van der Waals surface area contributed by atoms with E-state index >= 15 is 0 Å². The zero-order valence-electron chi connectivity index (χ0n) is 11.7. The molecular weight excluding hydrogens is 300 g/mol. The van der Waals surface area contributed by atoms with Crippen LogP contribution in [0.1, 0.15) is 39.3 Å². The predicted octanol–water partition coefficient (Wildman–Crippen LogP) is 3.14. The summed E-state index contributed by atoms with van der Waals surface area (Å²) in [5, 5.41) is 2.10. The van der Waals surface area contributed by atoms with Gasteiger partial charge in [-0.25, -0.2) is 0 Å². The number of carbonyl (C=O) groups excluding carboxylic acids is 1. The maximum atomic E-state index is 12.7. The van der Waals surface area contributed by atoms with E-state index < -0.39 is 0 Å². The number of carbonyl (C=O) groups is 1. The fourth-order valence-corrected chi connectivity index (χ4v) is 3.83. The van der Waals surface area contributed by atoms with Gasteiger partial charge in [0.25, 0.3) is 5.91 Å². The molecule has 0 bridgehead atoms. The molecule has 0 saturated heterocycles. The van der Waals surface area contributed by atoms with Crippen molar-refractivity contribution in [2.24, 2.45) is 5.73 Å². The third-order valence-corrected chi connectivity index (χ3v) is 5.19. The third kappa shape index (κ3) is 2.59. The molecule has 2 aromatic rings. The Bertz CT molecular complexity index is 691. The van der Waals surface area contributed by atoms with E-state index in [-0.39, 0.29) is 11.9 Å². The fraction of sp³-hybridized carbons (Fsp3) is 0.250. The summed E-state index contributed by atoms with van der Waals surface area (Å²) in [6, 6.07) is 9.46. The number of nitrogens with two attached hydrogens (primary N) is 1. The molecule has 1 amide bonds. The molecule has 5 heteroatoms. The largest absolute Gasteiger partial charge is 0.389 e. The SMILES string of the molecule is CC1c2ccsc2CCN1C(=O)c1ccc(C(N)=S)cc1. The van der Waals surface area contributed by atoms with Crippen LogP contribution in [0.3, 0.4) is 0 Å². The molecule has 0 spiro atoms. The van der Waals surface area contributed by atoms with Crippen LogP contribution in [0.15, 0.2) is 35.7 Å². The van der Waals surface area contributed by atoms with Gasteiger partial charge in [-0.05, 0) is 42.5 Å². The van der Waals surface area contributed by atoms with Gasteiger partial charge >= 0.3 is 0 Å². The summed E-state index contributed by atoms with van der Waals surface area (Å²) in [6.45, 7) is 2.86. The summed E-state index contributed by atoms with van der Waals surface area (Å²) in [4.78, 5) is 16.4. The number of fused-ring (bicyclic) bond motifs is 1. The minimum atomic E-state index is 0.0637. The van der Waals surface area contributed by atoms with Crippen molar-refractivity contribution in [1.82, 2.24) is 4.90 Å². The molecule has 2 heterocycles. The average molecular weight is 316 g/mol. The highest BCUT2D eigenvalue weighted by molar-refractivity contribution is 7.80. The van der Waals surface area contributed by atoms with Gasteiger partial charge in [-0.1, -0.05) is 24.4 Å². The number of amides is 1. The molecule has 1 aromatic carbocycles. The number of nitrogens with zero attached hydrogens (tertiary/aromatic N) is 1. The van der Waals surface area contributed by atoms with Crippen LogP contribution in [-0.4, -0.2) is 22.3 Å². The fourth-order valence-electron chi connectivity index (χ4n) is 2.73. The van der Waals surface area contributed by atoms with Crippen LogP contribution in [0, 0.1) is 0 Å². The molecule has 0 aliphatic carbocycles. The number of rotatable bonds is 2. The average Bonchev–Trinajstić information content (AvgIpc) is 2.96. The Balaban J connectivity index is 1.84. The standard InChI is InChI=1S/C16H16N2OS2/c1-10-13-7-9-21-14(13)6-8-18(10)16(19)12-4-2-11(3-5-12)15(17)20/h2-5,7,9-10H,6,8H2,1H3,(H2,17,20). The van der Waals surface area contributed by atoms with Crippen molar-refractivity contribution >= 4 is 34.5 Å². The quantitative estimate of drug-likeness (QED) is 0.866. The van der Waals surface area contributed by atoms with Crippen LogP contribution < -0.4 is 5.73 Å². The van der Waals surface area contributed by atoms with Gasteiger partial charge in [-0.15, -0.1) is 11.3 Å². The number of thiophene rings is 1. The van der Waals surface area contributed by atoms with E-state index in [9.17, 15) is 4.79 Å². The van der Waals surface area contributed by atoms with E-state index in [1.54, 1.807) is 35.6 Å². The van der Waals surface area contributed by atoms with Gasteiger partial charge in [0.1, 0.15) is 4.99 Å². The lowest BCUT2D eigenvalue weighted by atomic mass is 10.00. The first-order valence-electron chi connectivity index (χ1n) is 6.85. The first-order chi connectivity index (χ1) is 10.1. The zero-order chi connectivity index (χ0) is 15.0. The third-order valence-electron chi connectivity index (χ3n) is 3.95. The van der Waals surface area contributed by atoms with Crippen LogP contribution in [0.4, 0.5) is 0 Å². The van der Waals surface area contributed by atoms with Crippen LogP contribution >= 0.6 is 23.6 Å². The smallest absolute Gasteiger partial charge is 0.254 e. The van der Waals surface area contributed by atoms with Crippen molar-refractivity contribution in [3.05, 3.63) is 57.3 Å². The first kappa shape index (κ1) is 14.2. The summed E-state index contributed by atoms with van der Waals surface area (Å²) < 4.78 is 0. The molecule has 21 heavy (non-hydrogen) atoms. The summed E-state index contributed by atoms with van der Waals surface area (Å²) in [6.07, 6.45) is 0.939. The van der Waals surface area contributed by atoms with Crippen molar-refractivity contribution in [2.75, 3.05) is 6.54 Å². The highest BCUT2D eigenvalue weighted by atomic mass is 32.1. The zero-order valence-corrected chi connectivity index (χ0v) is 13.3. The number of hydrogen-bond donors (Lipinski definition) is 1. The maximum absolute atomic E-state index is 12.7. The normalized spacial score (nSPS) is 17.4. The minimum absolute atomic E-state index is 0.0637. The number of hydrogen-bond acceptors (Lipinski definition) is 3. The van der Waals surface area contributed by atoms with E-state index in [4.69, 9.17) is 18.0 Å². The van der Waals surface area contributed by atoms with Gasteiger partial charge < -0.3 is 10.6 Å². The molecular formula is C16H16N2OS2. The molecule has 1 aliphatic heterocycles. The summed E-state index contributed by atoms with van der Waals surface area (Å²) in [7, 11) is 0. The molecule has 108 valence electrons. The van der Waals surface area contributed by atoms with Gasteiger partial charge in [0, 0.05) is 22.5 Å². The van der Waals surface area contributed by atoms with E-state index in [2.05, 4.69) is 18.4 Å². The van der Waals surface area contributed by atoms with Crippen LogP contribution in [-0.2, 0) is 6.42 Å². The van der Waals surface area contributed by atoms with Crippen molar-refractivity contribution < 1.29 is 4.79 Å². The Morgan fingerprint density at radius 2 is 1.95 bits per heavy atom. The van der Waals surface area contributed by atoms with Gasteiger partial charge in [0.05, 0.1) is 6.04 Å². The van der Waals surface area contributed by atoms with Crippen molar-refractivity contribution in [1.29, 1.82) is 0 Å². The van der Waals surface area contributed by atoms with E-state index in [0.29, 0.717) is 10.6 Å². The predicted molar refractivity (Wildman–Crippen MR) is 89.8 cm³/mol. The topological polar surface area (TPSA) is 46.3 Å². The summed E-state index contributed by atoms with van der Waals surface area (Å²) in [5.74, 6) is 0.0637. The Hall–Kier alpha value is -1.72. The van der Waals surface area contributed by atoms with Gasteiger partial charge in [-0.2, -0.15) is 0 Å². The monoisotopic (exact) mass is 316 g/mol. The second-order valence-corrected chi connectivity index (χ2v) is 6.61. The second kappa shape index (κ2) is 5.58. The lowest BCUT2D eigenvalue weighted by molar-refractivity contribution is 0.0679. The molecule has 1 unspecified atom stereocenters. The lowest BCUT2D eigenvalue weighted by Gasteiger charge is -2.33. The second-order valence-electron chi connectivity index (χ2n) is 5.17. The van der Waals surface area contributed by atoms with Crippen molar-refractivity contribution in [3.8, 4) is 0 Å². The van der Waals surface area contributed by atoms with E-state index in [0.717, 1.165) is 18.5 Å². The minimum Gasteiger partial charge on any atom is -0.389 e. The highest BCUT2D eigenvalue weighted by Gasteiger charge is 2.28. The molecule has 0 radical (unpaired) electrons. The first-order valence-corrected chi connectivity index (χ1v) is 8.14.